The van der Waals surface area contributed by atoms with E-state index in [1.165, 1.54) is 25.3 Å². The molecule has 7 rings (SSSR count). The lowest BCUT2D eigenvalue weighted by Crippen LogP contribution is -2.61. The number of nitrogens with zero attached hydrogens (tertiary/aromatic N) is 1. The predicted octanol–water partition coefficient (Wildman–Crippen LogP) is 1.13. The average molecular weight is 733 g/mol. The van der Waals surface area contributed by atoms with Crippen molar-refractivity contribution >= 4 is 23.1 Å². The van der Waals surface area contributed by atoms with Crippen LogP contribution in [0.3, 0.4) is 0 Å². The summed E-state index contributed by atoms with van der Waals surface area (Å²) < 4.78 is 23.4. The lowest BCUT2D eigenvalue weighted by atomic mass is 9.72. The van der Waals surface area contributed by atoms with Crippen molar-refractivity contribution in [3.63, 3.8) is 0 Å². The Bertz CT molecular complexity index is 1970. The Morgan fingerprint density at radius 1 is 1.02 bits per heavy atom. The van der Waals surface area contributed by atoms with Gasteiger partial charge in [0.05, 0.1) is 54.8 Å². The van der Waals surface area contributed by atoms with Crippen molar-refractivity contribution in [2.24, 2.45) is 0 Å². The Morgan fingerprint density at radius 2 is 1.75 bits per heavy atom. The number of hydrazine groups is 1. The number of ether oxygens (including phenoxy) is 4. The summed E-state index contributed by atoms with van der Waals surface area (Å²) in [6.07, 6.45) is -6.31. The zero-order chi connectivity index (χ0) is 37.8. The van der Waals surface area contributed by atoms with Crippen molar-refractivity contribution in [3.05, 3.63) is 87.5 Å². The van der Waals surface area contributed by atoms with Gasteiger partial charge in [0.25, 0.3) is 0 Å². The van der Waals surface area contributed by atoms with E-state index in [1.807, 2.05) is 6.07 Å². The van der Waals surface area contributed by atoms with Gasteiger partial charge in [-0.25, -0.2) is 10.4 Å². The van der Waals surface area contributed by atoms with E-state index in [4.69, 9.17) is 18.9 Å². The normalized spacial score (nSPS) is 28.5. The molecule has 2 aliphatic heterocycles. The number of morpholine rings is 1. The molecule has 3 aromatic carbocycles. The van der Waals surface area contributed by atoms with Crippen molar-refractivity contribution in [1.29, 1.82) is 0 Å². The standard InChI is InChI=1S/C38H40N2O13/c1-18-32(43)22(39-40-11-12-51-25(16-40)33(44)19-7-4-3-5-8-19)13-27(52-18)53-24-15-38(49,26(42)17-41)14-21-29(24)37(48)31-30(35(21)46)34(45)20-9-6-10-23(50-2)28(20)36(31)47/h3-10,18,22,24-25,27,32,39,41,43,46,48-49H,11-17H2,1-2H3/t18?,22?,24-,25?,27?,32?,38-/m0/s1. The van der Waals surface area contributed by atoms with Crippen LogP contribution in [0.1, 0.15) is 79.2 Å². The first-order chi connectivity index (χ1) is 25.4. The molecule has 2 fully saturated rings. The molecule has 0 radical (unpaired) electrons. The van der Waals surface area contributed by atoms with Gasteiger partial charge in [-0.05, 0) is 13.0 Å². The number of phenolic OH excluding ortho intramolecular Hbond substituents is 2. The van der Waals surface area contributed by atoms with Gasteiger partial charge >= 0.3 is 0 Å². The van der Waals surface area contributed by atoms with E-state index in [9.17, 15) is 44.7 Å². The van der Waals surface area contributed by atoms with Gasteiger partial charge in [0.1, 0.15) is 35.6 Å². The molecule has 2 aliphatic carbocycles. The Labute approximate surface area is 303 Å². The average Bonchev–Trinajstić information content (AvgIpc) is 3.16. The highest BCUT2D eigenvalue weighted by molar-refractivity contribution is 6.31. The van der Waals surface area contributed by atoms with Crippen LogP contribution in [0, 0.1) is 0 Å². The molecule has 4 aliphatic rings. The van der Waals surface area contributed by atoms with Gasteiger partial charge in [-0.2, -0.15) is 0 Å². The van der Waals surface area contributed by atoms with E-state index in [0.717, 1.165) is 0 Å². The highest BCUT2D eigenvalue weighted by Gasteiger charge is 2.50. The molecule has 2 saturated heterocycles. The zero-order valence-corrected chi connectivity index (χ0v) is 29.0. The molecule has 5 unspecified atom stereocenters. The van der Waals surface area contributed by atoms with Crippen LogP contribution in [0.25, 0.3) is 0 Å². The monoisotopic (exact) mass is 732 g/mol. The maximum Gasteiger partial charge on any atom is 0.202 e. The number of phenols is 2. The number of hydrogen-bond acceptors (Lipinski definition) is 15. The number of carbonyl (C=O) groups excluding carboxylic acids is 4. The lowest BCUT2D eigenvalue weighted by molar-refractivity contribution is -0.254. The largest absolute Gasteiger partial charge is 0.507 e. The number of ketones is 4. The second kappa shape index (κ2) is 14.3. The summed E-state index contributed by atoms with van der Waals surface area (Å²) in [5.41, 5.74) is -0.0571. The molecule has 53 heavy (non-hydrogen) atoms. The summed E-state index contributed by atoms with van der Waals surface area (Å²) in [6.45, 7) is 1.39. The number of aliphatic hydroxyl groups excluding tert-OH is 2. The maximum atomic E-state index is 14.0. The lowest BCUT2D eigenvalue weighted by Gasteiger charge is -2.44. The van der Waals surface area contributed by atoms with Crippen LogP contribution in [0.15, 0.2) is 48.5 Å². The van der Waals surface area contributed by atoms with Gasteiger partial charge < -0.3 is 44.5 Å². The van der Waals surface area contributed by atoms with Crippen LogP contribution in [0.2, 0.25) is 0 Å². The molecule has 0 bridgehead atoms. The molecule has 0 amide bonds. The van der Waals surface area contributed by atoms with Crippen LogP contribution in [-0.4, -0.2) is 123 Å². The second-order valence-electron chi connectivity index (χ2n) is 13.8. The van der Waals surface area contributed by atoms with Crippen molar-refractivity contribution in [2.75, 3.05) is 33.4 Å². The number of nitrogens with one attached hydrogen (secondary N) is 1. The van der Waals surface area contributed by atoms with E-state index in [1.54, 1.807) is 36.2 Å². The summed E-state index contributed by atoms with van der Waals surface area (Å²) in [6, 6.07) is 12.4. The van der Waals surface area contributed by atoms with Crippen LogP contribution < -0.4 is 10.2 Å². The summed E-state index contributed by atoms with van der Waals surface area (Å²) in [4.78, 5) is 53.8. The molecule has 2 heterocycles. The smallest absolute Gasteiger partial charge is 0.202 e. The minimum absolute atomic E-state index is 0.00194. The number of methoxy groups -OCH3 is 1. The summed E-state index contributed by atoms with van der Waals surface area (Å²) in [5, 5.41) is 57.7. The van der Waals surface area contributed by atoms with Crippen molar-refractivity contribution in [2.45, 2.75) is 68.5 Å². The van der Waals surface area contributed by atoms with E-state index >= 15 is 0 Å². The second-order valence-corrected chi connectivity index (χ2v) is 13.8. The fourth-order valence-electron chi connectivity index (χ4n) is 7.79. The third-order valence-corrected chi connectivity index (χ3v) is 10.5. The maximum absolute atomic E-state index is 14.0. The van der Waals surface area contributed by atoms with E-state index in [2.05, 4.69) is 5.43 Å². The summed E-state index contributed by atoms with van der Waals surface area (Å²) >= 11 is 0. The molecule has 280 valence electrons. The van der Waals surface area contributed by atoms with Gasteiger partial charge in [-0.15, -0.1) is 0 Å². The first-order valence-electron chi connectivity index (χ1n) is 17.3. The molecule has 15 heteroatoms. The molecule has 15 nitrogen and oxygen atoms in total. The number of aromatic hydroxyl groups is 2. The number of aliphatic hydroxyl groups is 3. The minimum Gasteiger partial charge on any atom is -0.507 e. The fraction of sp³-hybridized carbons (Fsp3) is 0.421. The number of fused-ring (bicyclic) bond motifs is 3. The Morgan fingerprint density at radius 3 is 2.47 bits per heavy atom. The topological polar surface area (TPSA) is 222 Å². The zero-order valence-electron chi connectivity index (χ0n) is 29.0. The van der Waals surface area contributed by atoms with Crippen molar-refractivity contribution in [3.8, 4) is 17.2 Å². The van der Waals surface area contributed by atoms with Gasteiger partial charge in [0.2, 0.25) is 5.78 Å². The van der Waals surface area contributed by atoms with Gasteiger partial charge in [-0.3, -0.25) is 19.2 Å². The molecular formula is C38H40N2O13. The highest BCUT2D eigenvalue weighted by atomic mass is 16.7. The predicted molar refractivity (Wildman–Crippen MR) is 183 cm³/mol. The van der Waals surface area contributed by atoms with Crippen LogP contribution >= 0.6 is 0 Å². The van der Waals surface area contributed by atoms with Gasteiger partial charge in [0, 0.05) is 54.6 Å². The minimum atomic E-state index is -2.31. The van der Waals surface area contributed by atoms with Crippen LogP contribution in [0.4, 0.5) is 0 Å². The molecular weight excluding hydrogens is 692 g/mol. The van der Waals surface area contributed by atoms with E-state index in [0.29, 0.717) is 12.1 Å². The van der Waals surface area contributed by atoms with Gasteiger partial charge in [0.15, 0.2) is 23.6 Å². The summed E-state index contributed by atoms with van der Waals surface area (Å²) in [5.74, 6) is -4.09. The quantitative estimate of drug-likeness (QED) is 0.105. The fourth-order valence-corrected chi connectivity index (χ4v) is 7.79. The number of carbonyl (C=O) groups is 4. The Hall–Kier alpha value is -4.58. The molecule has 0 aromatic heterocycles. The van der Waals surface area contributed by atoms with Crippen molar-refractivity contribution in [1.82, 2.24) is 10.4 Å². The van der Waals surface area contributed by atoms with Crippen LogP contribution in [0.5, 0.6) is 17.2 Å². The Kier molecular flexibility index (Phi) is 9.95. The SMILES string of the molecule is COc1cccc2c1C(=O)c1c(O)c3c(c(O)c1C2=O)C[C@@](O)(C(=O)CO)C[C@@H]3OC1CC(NN2CCOC(C(=O)c3ccccc3)C2)C(O)C(C)O1. The van der Waals surface area contributed by atoms with Crippen molar-refractivity contribution < 1.29 is 63.7 Å². The van der Waals surface area contributed by atoms with Crippen LogP contribution in [-0.2, 0) is 25.4 Å². The number of hydrogen-bond donors (Lipinski definition) is 6. The Balaban J connectivity index is 1.19. The molecule has 0 saturated carbocycles. The highest BCUT2D eigenvalue weighted by Crippen LogP contribution is 2.52. The first kappa shape index (κ1) is 36.8. The molecule has 3 aromatic rings. The number of Topliss-reactive ketones (excluding diaryl/α,β-unsaturated/α-hetero) is 2. The number of rotatable bonds is 9. The first-order valence-corrected chi connectivity index (χ1v) is 17.3. The molecule has 6 N–H and O–H groups in total. The van der Waals surface area contributed by atoms with E-state index in [-0.39, 0.29) is 53.4 Å². The third kappa shape index (κ3) is 6.42. The molecule has 7 atom stereocenters. The third-order valence-electron chi connectivity index (χ3n) is 10.5. The summed E-state index contributed by atoms with van der Waals surface area (Å²) in [7, 11) is 1.32. The van der Waals surface area contributed by atoms with E-state index < -0.39 is 102 Å². The number of benzene rings is 3. The van der Waals surface area contributed by atoms with Gasteiger partial charge in [-0.1, -0.05) is 42.5 Å². The molecule has 0 spiro atoms.